The van der Waals surface area contributed by atoms with E-state index in [0.29, 0.717) is 18.3 Å². The highest BCUT2D eigenvalue weighted by molar-refractivity contribution is 5.87. The third-order valence-electron chi connectivity index (χ3n) is 9.04. The third-order valence-corrected chi connectivity index (χ3v) is 9.04. The molecule has 0 heterocycles. The number of Topliss-reactive ketones (excluding diaryl/α,β-unsaturated/α-hetero) is 1. The van der Waals surface area contributed by atoms with Gasteiger partial charge in [0.05, 0.1) is 0 Å². The van der Waals surface area contributed by atoms with Crippen LogP contribution in [0.5, 0.6) is 0 Å². The molecule has 0 spiro atoms. The Kier molecular flexibility index (Phi) is 6.15. The molecule has 166 valence electrons. The van der Waals surface area contributed by atoms with Crippen molar-refractivity contribution in [3.63, 3.8) is 0 Å². The SMILES string of the molecule is CC[C@H]1C[C@@H](C)CC[C@]1(C)[C@H]1CC[C@]2(C)C(=O)CC[C@H]2[C@@H]1CNC(=O)C(F)(F)F. The zero-order chi connectivity index (χ0) is 21.6. The second-order valence-corrected chi connectivity index (χ2v) is 10.5. The molecule has 3 nitrogen and oxygen atoms in total. The van der Waals surface area contributed by atoms with Crippen molar-refractivity contribution in [1.82, 2.24) is 5.32 Å². The summed E-state index contributed by atoms with van der Waals surface area (Å²) in [5.41, 5.74) is -0.383. The lowest BCUT2D eigenvalue weighted by Crippen LogP contribution is -2.54. The third kappa shape index (κ3) is 3.97. The number of ketones is 1. The maximum Gasteiger partial charge on any atom is 0.471 e. The summed E-state index contributed by atoms with van der Waals surface area (Å²) in [5.74, 6) is -0.144. The number of carbonyl (C=O) groups excluding carboxylic acids is 2. The van der Waals surface area contributed by atoms with Crippen LogP contribution in [0.4, 0.5) is 13.2 Å². The number of hydrogen-bond donors (Lipinski definition) is 1. The largest absolute Gasteiger partial charge is 0.471 e. The van der Waals surface area contributed by atoms with E-state index in [1.807, 2.05) is 6.92 Å². The van der Waals surface area contributed by atoms with Gasteiger partial charge in [-0.1, -0.05) is 40.5 Å². The number of hydrogen-bond acceptors (Lipinski definition) is 2. The molecule has 3 rings (SSSR count). The van der Waals surface area contributed by atoms with Crippen LogP contribution in [0.1, 0.15) is 79.1 Å². The van der Waals surface area contributed by atoms with E-state index in [1.54, 1.807) is 0 Å². The van der Waals surface area contributed by atoms with Crippen molar-refractivity contribution in [3.8, 4) is 0 Å². The minimum Gasteiger partial charge on any atom is -0.348 e. The minimum absolute atomic E-state index is 0.0259. The second kappa shape index (κ2) is 7.88. The molecule has 3 aliphatic carbocycles. The van der Waals surface area contributed by atoms with E-state index in [9.17, 15) is 22.8 Å². The zero-order valence-electron chi connectivity index (χ0n) is 18.2. The standard InChI is InChI=1S/C23H36F3NO2/c1-5-15-12-14(2)8-10-21(15,3)18-9-11-22(4)17(6-7-19(22)28)16(18)13-27-20(29)23(24,25)26/h14-18H,5-13H2,1-4H3,(H,27,29)/t14-,15-,16-,17-,18-,21-,22-/m0/s1. The molecule has 29 heavy (non-hydrogen) atoms. The van der Waals surface area contributed by atoms with Crippen LogP contribution in [0.3, 0.4) is 0 Å². The monoisotopic (exact) mass is 415 g/mol. The molecule has 0 aromatic carbocycles. The maximum absolute atomic E-state index is 12.8. The second-order valence-electron chi connectivity index (χ2n) is 10.5. The highest BCUT2D eigenvalue weighted by atomic mass is 19.4. The summed E-state index contributed by atoms with van der Waals surface area (Å²) in [7, 11) is 0. The van der Waals surface area contributed by atoms with Crippen molar-refractivity contribution >= 4 is 11.7 Å². The highest BCUT2D eigenvalue weighted by Gasteiger charge is 2.58. The Morgan fingerprint density at radius 1 is 1.14 bits per heavy atom. The number of rotatable bonds is 4. The average molecular weight is 416 g/mol. The predicted molar refractivity (Wildman–Crippen MR) is 106 cm³/mol. The van der Waals surface area contributed by atoms with Gasteiger partial charge in [-0.15, -0.1) is 0 Å². The van der Waals surface area contributed by atoms with Gasteiger partial charge in [0.2, 0.25) is 0 Å². The lowest BCUT2D eigenvalue weighted by atomic mass is 9.48. The molecule has 6 heteroatoms. The van der Waals surface area contributed by atoms with E-state index in [2.05, 4.69) is 26.1 Å². The zero-order valence-corrected chi connectivity index (χ0v) is 18.2. The molecule has 1 N–H and O–H groups in total. The normalized spacial score (nSPS) is 43.1. The minimum atomic E-state index is -4.87. The van der Waals surface area contributed by atoms with E-state index in [-0.39, 0.29) is 35.5 Å². The summed E-state index contributed by atoms with van der Waals surface area (Å²) in [6, 6.07) is 0. The Labute approximate surface area is 172 Å². The molecule has 0 aromatic rings. The van der Waals surface area contributed by atoms with Crippen LogP contribution in [-0.4, -0.2) is 24.4 Å². The number of alkyl halides is 3. The molecule has 0 unspecified atom stereocenters. The smallest absolute Gasteiger partial charge is 0.348 e. The average Bonchev–Trinajstić information content (AvgIpc) is 2.95. The van der Waals surface area contributed by atoms with Crippen molar-refractivity contribution in [2.45, 2.75) is 85.2 Å². The van der Waals surface area contributed by atoms with E-state index in [1.165, 1.54) is 0 Å². The van der Waals surface area contributed by atoms with E-state index < -0.39 is 17.5 Å². The molecule has 3 aliphatic rings. The molecule has 0 aliphatic heterocycles. The van der Waals surface area contributed by atoms with Gasteiger partial charge in [0, 0.05) is 18.4 Å². The van der Waals surface area contributed by atoms with Gasteiger partial charge in [-0.3, -0.25) is 9.59 Å². The van der Waals surface area contributed by atoms with Crippen molar-refractivity contribution in [1.29, 1.82) is 0 Å². The molecule has 3 fully saturated rings. The summed E-state index contributed by atoms with van der Waals surface area (Å²) in [4.78, 5) is 24.2. The number of amides is 1. The van der Waals surface area contributed by atoms with Crippen LogP contribution >= 0.6 is 0 Å². The Morgan fingerprint density at radius 3 is 2.45 bits per heavy atom. The van der Waals surface area contributed by atoms with Gasteiger partial charge in [-0.2, -0.15) is 13.2 Å². The molecule has 0 radical (unpaired) electrons. The lowest BCUT2D eigenvalue weighted by Gasteiger charge is -2.56. The number of fused-ring (bicyclic) bond motifs is 1. The van der Waals surface area contributed by atoms with Gasteiger partial charge in [-0.05, 0) is 67.1 Å². The van der Waals surface area contributed by atoms with E-state index in [4.69, 9.17) is 0 Å². The highest BCUT2D eigenvalue weighted by Crippen LogP contribution is 2.61. The van der Waals surface area contributed by atoms with Gasteiger partial charge in [0.15, 0.2) is 0 Å². The quantitative estimate of drug-likeness (QED) is 0.656. The first kappa shape index (κ1) is 22.6. The van der Waals surface area contributed by atoms with Gasteiger partial charge in [0.1, 0.15) is 5.78 Å². The molecule has 1 amide bonds. The topological polar surface area (TPSA) is 46.2 Å². The lowest BCUT2D eigenvalue weighted by molar-refractivity contribution is -0.174. The molecule has 0 saturated heterocycles. The summed E-state index contributed by atoms with van der Waals surface area (Å²) in [5, 5.41) is 2.19. The fraction of sp³-hybridized carbons (Fsp3) is 0.913. The van der Waals surface area contributed by atoms with E-state index in [0.717, 1.165) is 44.9 Å². The first-order valence-corrected chi connectivity index (χ1v) is 11.3. The Bertz CT molecular complexity index is 649. The fourth-order valence-electron chi connectivity index (χ4n) is 7.23. The van der Waals surface area contributed by atoms with Crippen LogP contribution in [0.15, 0.2) is 0 Å². The summed E-state index contributed by atoms with van der Waals surface area (Å²) < 4.78 is 38.5. The van der Waals surface area contributed by atoms with Crippen molar-refractivity contribution in [2.24, 2.45) is 40.4 Å². The Balaban J connectivity index is 1.90. The van der Waals surface area contributed by atoms with Crippen LogP contribution in [0.2, 0.25) is 0 Å². The van der Waals surface area contributed by atoms with Crippen molar-refractivity contribution in [3.05, 3.63) is 0 Å². The molecular formula is C23H36F3NO2. The number of nitrogens with one attached hydrogen (secondary N) is 1. The van der Waals surface area contributed by atoms with Crippen LogP contribution in [0, 0.1) is 40.4 Å². The van der Waals surface area contributed by atoms with Gasteiger partial charge >= 0.3 is 12.1 Å². The Hall–Kier alpha value is -1.07. The van der Waals surface area contributed by atoms with E-state index >= 15 is 0 Å². The van der Waals surface area contributed by atoms with Gasteiger partial charge in [0.25, 0.3) is 0 Å². The first-order chi connectivity index (χ1) is 13.4. The number of carbonyl (C=O) groups is 2. The predicted octanol–water partition coefficient (Wildman–Crippen LogP) is 5.53. The molecule has 7 atom stereocenters. The van der Waals surface area contributed by atoms with Gasteiger partial charge < -0.3 is 5.32 Å². The molecule has 0 bridgehead atoms. The first-order valence-electron chi connectivity index (χ1n) is 11.3. The summed E-state index contributed by atoms with van der Waals surface area (Å²) in [6.45, 7) is 8.86. The maximum atomic E-state index is 12.8. The fourth-order valence-corrected chi connectivity index (χ4v) is 7.23. The Morgan fingerprint density at radius 2 is 1.83 bits per heavy atom. The van der Waals surface area contributed by atoms with Crippen molar-refractivity contribution in [2.75, 3.05) is 6.54 Å². The summed E-state index contributed by atoms with van der Waals surface area (Å²) >= 11 is 0. The number of halogens is 3. The van der Waals surface area contributed by atoms with Crippen LogP contribution in [0.25, 0.3) is 0 Å². The van der Waals surface area contributed by atoms with Crippen LogP contribution < -0.4 is 5.32 Å². The molecule has 0 aromatic heterocycles. The summed E-state index contributed by atoms with van der Waals surface area (Å²) in [6.07, 6.45) is 2.54. The van der Waals surface area contributed by atoms with Crippen molar-refractivity contribution < 1.29 is 22.8 Å². The molecule has 3 saturated carbocycles. The van der Waals surface area contributed by atoms with Gasteiger partial charge in [-0.25, -0.2) is 0 Å². The molecular weight excluding hydrogens is 379 g/mol. The van der Waals surface area contributed by atoms with Crippen LogP contribution in [-0.2, 0) is 9.59 Å².